The van der Waals surface area contributed by atoms with Crippen molar-refractivity contribution in [3.8, 4) is 0 Å². The van der Waals surface area contributed by atoms with E-state index in [2.05, 4.69) is 13.8 Å². The second-order valence-electron chi connectivity index (χ2n) is 5.87. The molecule has 2 rings (SSSR count). The van der Waals surface area contributed by atoms with E-state index in [0.29, 0.717) is 11.7 Å². The molecule has 1 heteroatoms. The van der Waals surface area contributed by atoms with Crippen LogP contribution in [0.3, 0.4) is 0 Å². The largest absolute Gasteiger partial charge is 0.299 e. The number of rotatable bonds is 2. The van der Waals surface area contributed by atoms with E-state index in [9.17, 15) is 4.79 Å². The van der Waals surface area contributed by atoms with Gasteiger partial charge in [-0.3, -0.25) is 4.79 Å². The molecule has 0 aromatic rings. The molecule has 86 valence electrons. The van der Waals surface area contributed by atoms with Gasteiger partial charge in [0.1, 0.15) is 5.78 Å². The molecular weight excluding hydrogens is 184 g/mol. The van der Waals surface area contributed by atoms with Crippen molar-refractivity contribution in [1.29, 1.82) is 0 Å². The first-order valence-corrected chi connectivity index (χ1v) is 6.72. The predicted octanol–water partition coefficient (Wildman–Crippen LogP) is 3.82. The molecule has 2 aliphatic carbocycles. The van der Waals surface area contributed by atoms with Gasteiger partial charge >= 0.3 is 0 Å². The zero-order valence-electron chi connectivity index (χ0n) is 10.2. The van der Waals surface area contributed by atoms with Crippen LogP contribution >= 0.6 is 0 Å². The number of hydrogen-bond donors (Lipinski definition) is 0. The zero-order chi connectivity index (χ0) is 10.8. The molecule has 0 N–H and O–H groups in total. The number of hydrogen-bond acceptors (Lipinski definition) is 1. The summed E-state index contributed by atoms with van der Waals surface area (Å²) in [5.74, 6) is 3.04. The van der Waals surface area contributed by atoms with Crippen molar-refractivity contribution in [1.82, 2.24) is 0 Å². The molecule has 0 bridgehead atoms. The minimum Gasteiger partial charge on any atom is -0.299 e. The number of fused-ring (bicyclic) bond motifs is 1. The van der Waals surface area contributed by atoms with Crippen molar-refractivity contribution in [3.05, 3.63) is 0 Å². The lowest BCUT2D eigenvalue weighted by atomic mass is 9.66. The van der Waals surface area contributed by atoms with Gasteiger partial charge in [-0.25, -0.2) is 0 Å². The van der Waals surface area contributed by atoms with Crippen LogP contribution in [0.5, 0.6) is 0 Å². The fraction of sp³-hybridized carbons (Fsp3) is 0.929. The Hall–Kier alpha value is -0.330. The van der Waals surface area contributed by atoms with E-state index in [1.54, 1.807) is 0 Å². The van der Waals surface area contributed by atoms with Crippen LogP contribution in [0.25, 0.3) is 0 Å². The molecule has 0 spiro atoms. The van der Waals surface area contributed by atoms with Crippen LogP contribution in [0, 0.1) is 23.7 Å². The van der Waals surface area contributed by atoms with Gasteiger partial charge in [-0.15, -0.1) is 0 Å². The van der Waals surface area contributed by atoms with Gasteiger partial charge in [0.25, 0.3) is 0 Å². The molecular formula is C14H24O. The lowest BCUT2D eigenvalue weighted by Gasteiger charge is -2.39. The topological polar surface area (TPSA) is 17.1 Å². The van der Waals surface area contributed by atoms with Crippen molar-refractivity contribution in [2.24, 2.45) is 23.7 Å². The standard InChI is InChI=1S/C14H24O/c1-10(2)14(15)13-8-7-11-5-3-4-6-12(11)9-13/h10-13H,3-9H2,1-2H3. The summed E-state index contributed by atoms with van der Waals surface area (Å²) in [7, 11) is 0. The Balaban J connectivity index is 1.93. The molecule has 0 aromatic heterocycles. The Labute approximate surface area is 93.6 Å². The summed E-state index contributed by atoms with van der Waals surface area (Å²) in [4.78, 5) is 12.0. The first kappa shape index (κ1) is 11.2. The van der Waals surface area contributed by atoms with E-state index < -0.39 is 0 Å². The molecule has 0 saturated heterocycles. The van der Waals surface area contributed by atoms with Crippen LogP contribution in [0.15, 0.2) is 0 Å². The van der Waals surface area contributed by atoms with Crippen LogP contribution in [0.2, 0.25) is 0 Å². The highest BCUT2D eigenvalue weighted by molar-refractivity contribution is 5.82. The van der Waals surface area contributed by atoms with Crippen molar-refractivity contribution < 1.29 is 4.79 Å². The Morgan fingerprint density at radius 3 is 2.33 bits per heavy atom. The fourth-order valence-corrected chi connectivity index (χ4v) is 3.60. The second-order valence-corrected chi connectivity index (χ2v) is 5.87. The molecule has 0 heterocycles. The Morgan fingerprint density at radius 1 is 1.00 bits per heavy atom. The van der Waals surface area contributed by atoms with E-state index in [4.69, 9.17) is 0 Å². The highest BCUT2D eigenvalue weighted by Gasteiger charge is 2.35. The molecule has 3 atom stereocenters. The monoisotopic (exact) mass is 208 g/mol. The Morgan fingerprint density at radius 2 is 1.67 bits per heavy atom. The third-order valence-electron chi connectivity index (χ3n) is 4.51. The van der Waals surface area contributed by atoms with E-state index in [1.165, 1.54) is 44.9 Å². The van der Waals surface area contributed by atoms with E-state index in [1.807, 2.05) is 0 Å². The maximum absolute atomic E-state index is 12.0. The molecule has 0 aliphatic heterocycles. The molecule has 3 unspecified atom stereocenters. The summed E-state index contributed by atoms with van der Waals surface area (Å²) in [6.45, 7) is 4.10. The Bertz CT molecular complexity index is 231. The second kappa shape index (κ2) is 4.67. The summed E-state index contributed by atoms with van der Waals surface area (Å²) in [6, 6.07) is 0. The summed E-state index contributed by atoms with van der Waals surface area (Å²) < 4.78 is 0. The normalized spacial score (nSPS) is 36.3. The number of carbonyl (C=O) groups is 1. The van der Waals surface area contributed by atoms with Crippen LogP contribution in [-0.4, -0.2) is 5.78 Å². The minimum atomic E-state index is 0.246. The van der Waals surface area contributed by atoms with Crippen LogP contribution < -0.4 is 0 Å². The first-order chi connectivity index (χ1) is 7.18. The third kappa shape index (κ3) is 2.43. The number of ketones is 1. The SMILES string of the molecule is CC(C)C(=O)C1CCC2CCCCC2C1. The highest BCUT2D eigenvalue weighted by Crippen LogP contribution is 2.43. The summed E-state index contributed by atoms with van der Waals surface area (Å²) in [5.41, 5.74) is 0. The zero-order valence-corrected chi connectivity index (χ0v) is 10.2. The van der Waals surface area contributed by atoms with Crippen LogP contribution in [0.4, 0.5) is 0 Å². The predicted molar refractivity (Wildman–Crippen MR) is 62.6 cm³/mol. The van der Waals surface area contributed by atoms with Crippen molar-refractivity contribution in [3.63, 3.8) is 0 Å². The average Bonchev–Trinajstić information content (AvgIpc) is 2.27. The lowest BCUT2D eigenvalue weighted by Crippen LogP contribution is -2.32. The van der Waals surface area contributed by atoms with Crippen LogP contribution in [-0.2, 0) is 4.79 Å². The molecule has 2 fully saturated rings. The van der Waals surface area contributed by atoms with Gasteiger partial charge in [-0.2, -0.15) is 0 Å². The molecule has 1 nitrogen and oxygen atoms in total. The fourth-order valence-electron chi connectivity index (χ4n) is 3.60. The van der Waals surface area contributed by atoms with E-state index in [-0.39, 0.29) is 5.92 Å². The molecule has 15 heavy (non-hydrogen) atoms. The van der Waals surface area contributed by atoms with Gasteiger partial charge in [-0.1, -0.05) is 39.5 Å². The van der Waals surface area contributed by atoms with Gasteiger partial charge in [0.2, 0.25) is 0 Å². The Kier molecular flexibility index (Phi) is 3.48. The van der Waals surface area contributed by atoms with Gasteiger partial charge < -0.3 is 0 Å². The minimum absolute atomic E-state index is 0.246. The smallest absolute Gasteiger partial charge is 0.138 e. The first-order valence-electron chi connectivity index (χ1n) is 6.72. The summed E-state index contributed by atoms with van der Waals surface area (Å²) in [6.07, 6.45) is 9.39. The maximum atomic E-state index is 12.0. The van der Waals surface area contributed by atoms with Crippen molar-refractivity contribution in [2.75, 3.05) is 0 Å². The molecule has 2 aliphatic rings. The molecule has 0 amide bonds. The quantitative estimate of drug-likeness (QED) is 0.674. The maximum Gasteiger partial charge on any atom is 0.138 e. The van der Waals surface area contributed by atoms with Crippen LogP contribution in [0.1, 0.15) is 58.8 Å². The summed E-state index contributed by atoms with van der Waals surface area (Å²) >= 11 is 0. The molecule has 0 radical (unpaired) electrons. The van der Waals surface area contributed by atoms with Crippen molar-refractivity contribution in [2.45, 2.75) is 58.8 Å². The van der Waals surface area contributed by atoms with Crippen molar-refractivity contribution >= 4 is 5.78 Å². The highest BCUT2D eigenvalue weighted by atomic mass is 16.1. The van der Waals surface area contributed by atoms with Gasteiger partial charge in [0.05, 0.1) is 0 Å². The van der Waals surface area contributed by atoms with E-state index >= 15 is 0 Å². The number of carbonyl (C=O) groups excluding carboxylic acids is 1. The van der Waals surface area contributed by atoms with Gasteiger partial charge in [-0.05, 0) is 31.1 Å². The summed E-state index contributed by atoms with van der Waals surface area (Å²) in [5, 5.41) is 0. The molecule has 0 aromatic carbocycles. The van der Waals surface area contributed by atoms with E-state index in [0.717, 1.165) is 11.8 Å². The average molecular weight is 208 g/mol. The molecule has 2 saturated carbocycles. The number of Topliss-reactive ketones (excluding diaryl/α,β-unsaturated/α-hetero) is 1. The lowest BCUT2D eigenvalue weighted by molar-refractivity contribution is -0.128. The third-order valence-corrected chi connectivity index (χ3v) is 4.51. The van der Waals surface area contributed by atoms with Gasteiger partial charge in [0.15, 0.2) is 0 Å². The van der Waals surface area contributed by atoms with Gasteiger partial charge in [0, 0.05) is 11.8 Å².